The molecule has 0 bridgehead atoms. The van der Waals surface area contributed by atoms with Gasteiger partial charge >= 0.3 is 0 Å². The minimum absolute atomic E-state index is 0.516. The maximum Gasteiger partial charge on any atom is 0.136 e. The monoisotopic (exact) mass is 382 g/mol. The molecule has 4 rings (SSSR count). The molecular weight excluding hydrogens is 352 g/mol. The van der Waals surface area contributed by atoms with Crippen molar-refractivity contribution in [3.63, 3.8) is 0 Å². The number of para-hydroxylation sites is 1. The van der Waals surface area contributed by atoms with E-state index in [2.05, 4.69) is 21.9 Å². The van der Waals surface area contributed by atoms with Crippen molar-refractivity contribution < 1.29 is 9.47 Å². The Morgan fingerprint density at radius 2 is 1.89 bits per heavy atom. The molecule has 150 valence electrons. The van der Waals surface area contributed by atoms with E-state index in [9.17, 15) is 0 Å². The van der Waals surface area contributed by atoms with Crippen LogP contribution in [0.3, 0.4) is 0 Å². The van der Waals surface area contributed by atoms with E-state index in [-0.39, 0.29) is 0 Å². The molecule has 1 aromatic carbocycles. The van der Waals surface area contributed by atoms with Gasteiger partial charge in [0.05, 0.1) is 5.69 Å². The molecule has 0 radical (unpaired) electrons. The summed E-state index contributed by atoms with van der Waals surface area (Å²) in [4.78, 5) is 14.6. The lowest BCUT2D eigenvalue weighted by atomic mass is 10.0. The number of unbranched alkanes of at least 4 members (excludes halogenated alkanes) is 1. The average Bonchev–Trinajstić information content (AvgIpc) is 2.91. The summed E-state index contributed by atoms with van der Waals surface area (Å²) in [6.07, 6.45) is 3.16. The summed E-state index contributed by atoms with van der Waals surface area (Å²) in [7, 11) is 1.77. The van der Waals surface area contributed by atoms with E-state index in [1.165, 1.54) is 17.5 Å². The molecule has 1 aromatic heterocycles. The first-order valence-corrected chi connectivity index (χ1v) is 10.3. The Bertz CT molecular complexity index is 803. The largest absolute Gasteiger partial charge is 0.487 e. The summed E-state index contributed by atoms with van der Waals surface area (Å²) >= 11 is 0. The molecule has 28 heavy (non-hydrogen) atoms. The minimum Gasteiger partial charge on any atom is -0.487 e. The first-order valence-electron chi connectivity index (χ1n) is 10.3. The molecule has 0 saturated carbocycles. The molecule has 0 aliphatic carbocycles. The number of hydrogen-bond acceptors (Lipinski definition) is 6. The molecule has 3 heterocycles. The molecule has 0 N–H and O–H groups in total. The van der Waals surface area contributed by atoms with Gasteiger partial charge < -0.3 is 14.4 Å². The summed E-state index contributed by atoms with van der Waals surface area (Å²) in [5.41, 5.74) is 3.47. The van der Waals surface area contributed by atoms with Crippen LogP contribution in [0.15, 0.2) is 24.3 Å². The van der Waals surface area contributed by atoms with Crippen LogP contribution >= 0.6 is 0 Å². The Morgan fingerprint density at radius 3 is 2.71 bits per heavy atom. The minimum atomic E-state index is 0.516. The summed E-state index contributed by atoms with van der Waals surface area (Å²) in [6, 6.07) is 8.29. The Kier molecular flexibility index (Phi) is 6.07. The Labute approximate surface area is 167 Å². The lowest BCUT2D eigenvalue weighted by Crippen LogP contribution is -2.47. The summed E-state index contributed by atoms with van der Waals surface area (Å²) in [5, 5.41) is 0. The van der Waals surface area contributed by atoms with Crippen molar-refractivity contribution in [3.05, 3.63) is 46.9 Å². The Morgan fingerprint density at radius 1 is 1.07 bits per heavy atom. The van der Waals surface area contributed by atoms with Crippen molar-refractivity contribution >= 4 is 5.82 Å². The molecule has 0 spiro atoms. The van der Waals surface area contributed by atoms with Crippen molar-refractivity contribution in [2.24, 2.45) is 0 Å². The molecule has 2 aliphatic heterocycles. The molecule has 2 aromatic rings. The highest BCUT2D eigenvalue weighted by Crippen LogP contribution is 2.32. The highest BCUT2D eigenvalue weighted by molar-refractivity contribution is 5.54. The summed E-state index contributed by atoms with van der Waals surface area (Å²) in [5.74, 6) is 2.89. The van der Waals surface area contributed by atoms with Gasteiger partial charge in [0, 0.05) is 51.9 Å². The highest BCUT2D eigenvalue weighted by atomic mass is 16.5. The predicted molar refractivity (Wildman–Crippen MR) is 110 cm³/mol. The molecule has 0 amide bonds. The van der Waals surface area contributed by atoms with E-state index in [0.29, 0.717) is 6.61 Å². The number of nitrogens with zero attached hydrogens (tertiary/aromatic N) is 4. The Balaban J connectivity index is 1.48. The van der Waals surface area contributed by atoms with Gasteiger partial charge in [-0.25, -0.2) is 9.97 Å². The smallest absolute Gasteiger partial charge is 0.136 e. The van der Waals surface area contributed by atoms with E-state index < -0.39 is 0 Å². The number of fused-ring (bicyclic) bond motifs is 2. The van der Waals surface area contributed by atoms with Crippen LogP contribution in [0.5, 0.6) is 5.75 Å². The lowest BCUT2D eigenvalue weighted by Gasteiger charge is -2.36. The second kappa shape index (κ2) is 8.88. The van der Waals surface area contributed by atoms with Crippen LogP contribution in [0, 0.1) is 6.92 Å². The first-order chi connectivity index (χ1) is 13.7. The van der Waals surface area contributed by atoms with Crippen LogP contribution in [-0.4, -0.2) is 61.3 Å². The van der Waals surface area contributed by atoms with E-state index >= 15 is 0 Å². The zero-order chi connectivity index (χ0) is 19.3. The first kappa shape index (κ1) is 19.2. The number of methoxy groups -OCH3 is 1. The lowest BCUT2D eigenvalue weighted by molar-refractivity contribution is 0.182. The number of benzene rings is 1. The SMILES string of the molecule is COCCCCN1CCN(c2nc(C)nc3c2Cc2ccccc2OC3)CC1. The third-order valence-electron chi connectivity index (χ3n) is 5.63. The third kappa shape index (κ3) is 4.28. The van der Waals surface area contributed by atoms with Gasteiger partial charge in [0.15, 0.2) is 0 Å². The second-order valence-corrected chi connectivity index (χ2v) is 7.62. The van der Waals surface area contributed by atoms with Crippen LogP contribution in [-0.2, 0) is 17.8 Å². The van der Waals surface area contributed by atoms with Crippen molar-refractivity contribution in [2.75, 3.05) is 51.3 Å². The number of anilines is 1. The van der Waals surface area contributed by atoms with E-state index in [1.807, 2.05) is 19.1 Å². The van der Waals surface area contributed by atoms with Gasteiger partial charge in [0.1, 0.15) is 24.0 Å². The van der Waals surface area contributed by atoms with Crippen LogP contribution in [0.4, 0.5) is 5.82 Å². The van der Waals surface area contributed by atoms with Crippen LogP contribution in [0.1, 0.15) is 35.5 Å². The number of ether oxygens (including phenoxy) is 2. The topological polar surface area (TPSA) is 50.7 Å². The predicted octanol–water partition coefficient (Wildman–Crippen LogP) is 2.82. The van der Waals surface area contributed by atoms with Gasteiger partial charge in [-0.1, -0.05) is 18.2 Å². The standard InChI is InChI=1S/C22H30N4O2/c1-17-23-20-16-28-21-8-4-3-7-18(21)15-19(20)22(24-17)26-12-10-25(11-13-26)9-5-6-14-27-2/h3-4,7-8H,5-6,9-16H2,1-2H3. The van der Waals surface area contributed by atoms with Gasteiger partial charge in [-0.05, 0) is 37.9 Å². The van der Waals surface area contributed by atoms with Gasteiger partial charge in [-0.2, -0.15) is 0 Å². The summed E-state index contributed by atoms with van der Waals surface area (Å²) < 4.78 is 11.2. The van der Waals surface area contributed by atoms with Crippen molar-refractivity contribution in [1.82, 2.24) is 14.9 Å². The Hall–Kier alpha value is -2.18. The van der Waals surface area contributed by atoms with Gasteiger partial charge in [0.25, 0.3) is 0 Å². The second-order valence-electron chi connectivity index (χ2n) is 7.62. The summed E-state index contributed by atoms with van der Waals surface area (Å²) in [6.45, 7) is 8.69. The van der Waals surface area contributed by atoms with Crippen LogP contribution < -0.4 is 9.64 Å². The van der Waals surface area contributed by atoms with Gasteiger partial charge in [-0.15, -0.1) is 0 Å². The zero-order valence-electron chi connectivity index (χ0n) is 17.0. The number of aromatic nitrogens is 2. The third-order valence-corrected chi connectivity index (χ3v) is 5.63. The molecular formula is C22H30N4O2. The van der Waals surface area contributed by atoms with Gasteiger partial charge in [0.2, 0.25) is 0 Å². The fourth-order valence-corrected chi connectivity index (χ4v) is 4.09. The van der Waals surface area contributed by atoms with Crippen molar-refractivity contribution in [1.29, 1.82) is 0 Å². The number of hydrogen-bond donors (Lipinski definition) is 0. The fourth-order valence-electron chi connectivity index (χ4n) is 4.09. The molecule has 6 nitrogen and oxygen atoms in total. The number of aryl methyl sites for hydroxylation is 1. The van der Waals surface area contributed by atoms with Crippen LogP contribution in [0.25, 0.3) is 0 Å². The van der Waals surface area contributed by atoms with Gasteiger partial charge in [-0.3, -0.25) is 4.90 Å². The van der Waals surface area contributed by atoms with E-state index in [1.54, 1.807) is 7.11 Å². The number of rotatable bonds is 6. The maximum absolute atomic E-state index is 6.03. The molecule has 0 unspecified atom stereocenters. The fraction of sp³-hybridized carbons (Fsp3) is 0.545. The number of piperazine rings is 1. The van der Waals surface area contributed by atoms with E-state index in [4.69, 9.17) is 19.4 Å². The molecule has 2 aliphatic rings. The van der Waals surface area contributed by atoms with Crippen molar-refractivity contribution in [2.45, 2.75) is 32.8 Å². The van der Waals surface area contributed by atoms with Crippen molar-refractivity contribution in [3.8, 4) is 5.75 Å². The average molecular weight is 383 g/mol. The highest BCUT2D eigenvalue weighted by Gasteiger charge is 2.25. The maximum atomic E-state index is 6.03. The van der Waals surface area contributed by atoms with Crippen LogP contribution in [0.2, 0.25) is 0 Å². The molecule has 6 heteroatoms. The quantitative estimate of drug-likeness (QED) is 0.716. The zero-order valence-corrected chi connectivity index (χ0v) is 17.0. The molecule has 0 atom stereocenters. The normalized spacial score (nSPS) is 16.9. The molecule has 1 fully saturated rings. The molecule has 1 saturated heterocycles. The van der Waals surface area contributed by atoms with E-state index in [0.717, 1.165) is 75.3 Å².